The number of halogens is 1. The summed E-state index contributed by atoms with van der Waals surface area (Å²) in [7, 11) is 0. The molecule has 184 valence electrons. The Morgan fingerprint density at radius 1 is 1.05 bits per heavy atom. The molecule has 0 radical (unpaired) electrons. The summed E-state index contributed by atoms with van der Waals surface area (Å²) in [6, 6.07) is 13.0. The highest BCUT2D eigenvalue weighted by molar-refractivity contribution is 5.98. The molecule has 0 bridgehead atoms. The number of aryl methyl sites for hydroxylation is 2. The van der Waals surface area contributed by atoms with Crippen molar-refractivity contribution in [1.29, 1.82) is 0 Å². The predicted octanol–water partition coefficient (Wildman–Crippen LogP) is 3.38. The van der Waals surface area contributed by atoms with Gasteiger partial charge in [0.05, 0.1) is 11.1 Å². The van der Waals surface area contributed by atoms with Crippen molar-refractivity contribution in [2.45, 2.75) is 20.4 Å². The number of aromatic hydroxyl groups is 1. The van der Waals surface area contributed by atoms with E-state index in [4.69, 9.17) is 10.8 Å². The van der Waals surface area contributed by atoms with E-state index in [2.05, 4.69) is 15.1 Å². The summed E-state index contributed by atoms with van der Waals surface area (Å²) in [5.41, 5.74) is 9.87. The molecular formula is C26H21FN8O2. The van der Waals surface area contributed by atoms with Crippen molar-refractivity contribution >= 4 is 22.4 Å². The van der Waals surface area contributed by atoms with E-state index in [1.807, 2.05) is 44.2 Å². The molecule has 0 aliphatic rings. The van der Waals surface area contributed by atoms with Crippen molar-refractivity contribution in [2.75, 3.05) is 5.73 Å². The molecule has 10 nitrogen and oxygen atoms in total. The number of phenolic OH excluding ortho intramolecular Hbond substituents is 1. The third kappa shape index (κ3) is 3.68. The molecule has 0 aliphatic heterocycles. The van der Waals surface area contributed by atoms with Gasteiger partial charge in [-0.25, -0.2) is 23.6 Å². The van der Waals surface area contributed by atoms with Crippen LogP contribution >= 0.6 is 0 Å². The fourth-order valence-corrected chi connectivity index (χ4v) is 4.58. The molecule has 0 amide bonds. The number of aromatic nitrogens is 7. The highest BCUT2D eigenvalue weighted by atomic mass is 19.1. The molecule has 0 unspecified atom stereocenters. The first-order valence-corrected chi connectivity index (χ1v) is 11.4. The molecule has 4 heterocycles. The maximum absolute atomic E-state index is 14.1. The largest absolute Gasteiger partial charge is 0.508 e. The zero-order valence-electron chi connectivity index (χ0n) is 19.9. The standard InChI is InChI=1S/C26H21FN8O2/c1-14-4-3-5-18(8-14)35-20(31-33-7-6-15(2)23(33)26(35)37)12-34-25-21(24(28)29-13-30-25)22(32-34)16-9-17(27)11-19(36)10-16/h3-11,13,36H,12H2,1-2H3,(H2,28,29,30). The van der Waals surface area contributed by atoms with E-state index in [0.717, 1.165) is 17.2 Å². The maximum Gasteiger partial charge on any atom is 0.282 e. The van der Waals surface area contributed by atoms with Crippen molar-refractivity contribution in [3.05, 3.63) is 94.2 Å². The van der Waals surface area contributed by atoms with Crippen molar-refractivity contribution in [3.8, 4) is 22.7 Å². The molecule has 0 saturated heterocycles. The second-order valence-corrected chi connectivity index (χ2v) is 8.85. The SMILES string of the molecule is Cc1cccc(-n2c(Cn3nc(-c4cc(O)cc(F)c4)c4c(N)ncnc43)nn3ccc(C)c3c2=O)c1. The molecule has 4 aromatic heterocycles. The lowest BCUT2D eigenvalue weighted by molar-refractivity contribution is 0.469. The number of nitrogen functional groups attached to an aromatic ring is 1. The van der Waals surface area contributed by atoms with Gasteiger partial charge in [-0.2, -0.15) is 10.2 Å². The molecule has 0 fully saturated rings. The average Bonchev–Trinajstić information content (AvgIpc) is 3.40. The number of benzene rings is 2. The van der Waals surface area contributed by atoms with Crippen LogP contribution in [0.2, 0.25) is 0 Å². The topological polar surface area (TPSA) is 129 Å². The van der Waals surface area contributed by atoms with Crippen LogP contribution in [0.5, 0.6) is 5.75 Å². The molecule has 37 heavy (non-hydrogen) atoms. The van der Waals surface area contributed by atoms with Gasteiger partial charge in [0.1, 0.15) is 41.5 Å². The lowest BCUT2D eigenvalue weighted by Crippen LogP contribution is -2.28. The van der Waals surface area contributed by atoms with Crippen molar-refractivity contribution in [3.63, 3.8) is 0 Å². The zero-order chi connectivity index (χ0) is 25.8. The quantitative estimate of drug-likeness (QED) is 0.383. The van der Waals surface area contributed by atoms with Crippen LogP contribution in [0.25, 0.3) is 33.5 Å². The smallest absolute Gasteiger partial charge is 0.282 e. The minimum Gasteiger partial charge on any atom is -0.508 e. The summed E-state index contributed by atoms with van der Waals surface area (Å²) < 4.78 is 18.8. The summed E-state index contributed by atoms with van der Waals surface area (Å²) in [5, 5.41) is 19.8. The molecule has 0 spiro atoms. The maximum atomic E-state index is 14.1. The molecule has 6 rings (SSSR count). The number of hydrogen-bond donors (Lipinski definition) is 2. The second kappa shape index (κ2) is 8.26. The normalized spacial score (nSPS) is 11.5. The van der Waals surface area contributed by atoms with E-state index in [1.165, 1.54) is 18.5 Å². The van der Waals surface area contributed by atoms with Gasteiger partial charge in [-0.05, 0) is 55.3 Å². The monoisotopic (exact) mass is 496 g/mol. The van der Waals surface area contributed by atoms with Gasteiger partial charge < -0.3 is 10.8 Å². The molecule has 3 N–H and O–H groups in total. The number of nitrogens with two attached hydrogens (primary N) is 1. The van der Waals surface area contributed by atoms with Gasteiger partial charge in [-0.15, -0.1) is 0 Å². The van der Waals surface area contributed by atoms with E-state index in [9.17, 15) is 14.3 Å². The fraction of sp³-hybridized carbons (Fsp3) is 0.115. The highest BCUT2D eigenvalue weighted by Crippen LogP contribution is 2.32. The number of rotatable bonds is 4. The van der Waals surface area contributed by atoms with E-state index in [1.54, 1.807) is 20.0 Å². The Hall–Kier alpha value is -5.06. The van der Waals surface area contributed by atoms with E-state index in [-0.39, 0.29) is 23.7 Å². The number of hydrogen-bond acceptors (Lipinski definition) is 7. The Morgan fingerprint density at radius 2 is 1.89 bits per heavy atom. The minimum absolute atomic E-state index is 0.0462. The third-order valence-corrected chi connectivity index (χ3v) is 6.22. The van der Waals surface area contributed by atoms with E-state index in [0.29, 0.717) is 39.3 Å². The van der Waals surface area contributed by atoms with Gasteiger partial charge >= 0.3 is 0 Å². The Kier molecular flexibility index (Phi) is 5.00. The minimum atomic E-state index is -0.628. The molecule has 2 aromatic carbocycles. The Labute approximate surface area is 209 Å². The van der Waals surface area contributed by atoms with Crippen LogP contribution in [0, 0.1) is 19.7 Å². The second-order valence-electron chi connectivity index (χ2n) is 8.85. The van der Waals surface area contributed by atoms with Crippen LogP contribution in [-0.2, 0) is 6.54 Å². The van der Waals surface area contributed by atoms with Gasteiger partial charge in [0, 0.05) is 17.8 Å². The number of nitrogens with zero attached hydrogens (tertiary/aromatic N) is 7. The highest BCUT2D eigenvalue weighted by Gasteiger charge is 2.21. The molecule has 11 heteroatoms. The van der Waals surface area contributed by atoms with Gasteiger partial charge in [0.2, 0.25) is 0 Å². The van der Waals surface area contributed by atoms with Gasteiger partial charge in [0.25, 0.3) is 5.56 Å². The van der Waals surface area contributed by atoms with Crippen molar-refractivity contribution < 1.29 is 9.50 Å². The molecule has 0 aliphatic carbocycles. The Morgan fingerprint density at radius 3 is 2.68 bits per heavy atom. The zero-order valence-corrected chi connectivity index (χ0v) is 19.9. The van der Waals surface area contributed by atoms with Crippen LogP contribution in [0.1, 0.15) is 17.0 Å². The van der Waals surface area contributed by atoms with Crippen LogP contribution in [0.15, 0.2) is 65.8 Å². The predicted molar refractivity (Wildman–Crippen MR) is 136 cm³/mol. The van der Waals surface area contributed by atoms with Crippen molar-refractivity contribution in [2.24, 2.45) is 0 Å². The van der Waals surface area contributed by atoms with E-state index < -0.39 is 5.82 Å². The summed E-state index contributed by atoms with van der Waals surface area (Å²) >= 11 is 0. The number of phenols is 1. The first kappa shape index (κ1) is 22.4. The third-order valence-electron chi connectivity index (χ3n) is 6.22. The summed E-state index contributed by atoms with van der Waals surface area (Å²) in [4.78, 5) is 22.1. The number of fused-ring (bicyclic) bond motifs is 2. The Balaban J connectivity index is 1.61. The summed E-state index contributed by atoms with van der Waals surface area (Å²) in [6.07, 6.45) is 3.04. The van der Waals surface area contributed by atoms with E-state index >= 15 is 0 Å². The molecule has 0 saturated carbocycles. The van der Waals surface area contributed by atoms with Crippen LogP contribution in [-0.4, -0.2) is 39.0 Å². The first-order valence-electron chi connectivity index (χ1n) is 11.4. The first-order chi connectivity index (χ1) is 17.8. The summed E-state index contributed by atoms with van der Waals surface area (Å²) in [5.74, 6) is -0.336. The van der Waals surface area contributed by atoms with Gasteiger partial charge in [-0.3, -0.25) is 9.36 Å². The van der Waals surface area contributed by atoms with Gasteiger partial charge in [0.15, 0.2) is 11.5 Å². The van der Waals surface area contributed by atoms with Crippen LogP contribution in [0.4, 0.5) is 10.2 Å². The van der Waals surface area contributed by atoms with Crippen molar-refractivity contribution in [1.82, 2.24) is 33.9 Å². The average molecular weight is 497 g/mol. The Bertz CT molecular complexity index is 1880. The summed E-state index contributed by atoms with van der Waals surface area (Å²) in [6.45, 7) is 3.86. The van der Waals surface area contributed by atoms with Crippen LogP contribution in [0.3, 0.4) is 0 Å². The molecule has 6 aromatic rings. The molecule has 0 atom stereocenters. The lowest BCUT2D eigenvalue weighted by Gasteiger charge is -2.14. The fourth-order valence-electron chi connectivity index (χ4n) is 4.58. The van der Waals surface area contributed by atoms with Gasteiger partial charge in [-0.1, -0.05) is 12.1 Å². The lowest BCUT2D eigenvalue weighted by atomic mass is 10.1. The number of anilines is 1. The van der Waals surface area contributed by atoms with Crippen LogP contribution < -0.4 is 11.3 Å². The molecular weight excluding hydrogens is 475 g/mol.